The molecule has 0 aliphatic heterocycles. The number of rotatable bonds is 10. The van der Waals surface area contributed by atoms with Crippen molar-refractivity contribution in [3.63, 3.8) is 0 Å². The molecule has 0 atom stereocenters. The third-order valence-corrected chi connectivity index (χ3v) is 5.95. The number of nitrogens with zero attached hydrogens (tertiary/aromatic N) is 1. The van der Waals surface area contributed by atoms with Gasteiger partial charge in [-0.3, -0.25) is 19.7 Å². The lowest BCUT2D eigenvalue weighted by atomic mass is 10.2. The minimum absolute atomic E-state index is 0.0553. The van der Waals surface area contributed by atoms with Crippen LogP contribution in [0.2, 0.25) is 0 Å². The Hall–Kier alpha value is -2.99. The lowest BCUT2D eigenvalue weighted by Gasteiger charge is -2.18. The molecule has 1 rings (SSSR count). The van der Waals surface area contributed by atoms with Crippen LogP contribution in [0, 0.1) is 0 Å². The average Bonchev–Trinajstić information content (AvgIpc) is 2.70. The number of nitrogens with one attached hydrogen (secondary N) is 3. The largest absolute Gasteiger partial charge is 0.454 e. The number of amides is 4. The van der Waals surface area contributed by atoms with E-state index in [0.29, 0.717) is 13.1 Å². The van der Waals surface area contributed by atoms with Gasteiger partial charge in [0.25, 0.3) is 11.8 Å². The third-order valence-electron chi connectivity index (χ3n) is 3.89. The quantitative estimate of drug-likeness (QED) is 0.426. The van der Waals surface area contributed by atoms with Crippen molar-refractivity contribution in [2.75, 3.05) is 26.2 Å². The van der Waals surface area contributed by atoms with Gasteiger partial charge in [0.2, 0.25) is 10.0 Å². The normalized spacial score (nSPS) is 11.2. The summed E-state index contributed by atoms with van der Waals surface area (Å²) in [7, 11) is -3.64. The standard InChI is InChI=1S/C19H28N4O7S/c1-5-23(6-2)31(28,29)15-9-7-14(8-10-15)18(26)20-11-17(25)30-12-16(24)22-19(27)21-13(3)4/h7-10,13H,5-6,11-12H2,1-4H3,(H,20,26)(H2,21,22,24,27). The van der Waals surface area contributed by atoms with Gasteiger partial charge >= 0.3 is 12.0 Å². The fourth-order valence-electron chi connectivity index (χ4n) is 2.40. The maximum absolute atomic E-state index is 12.4. The Morgan fingerprint density at radius 3 is 2.13 bits per heavy atom. The number of esters is 1. The van der Waals surface area contributed by atoms with Gasteiger partial charge in [0.1, 0.15) is 6.54 Å². The number of ether oxygens (including phenoxy) is 1. The second kappa shape index (κ2) is 12.0. The summed E-state index contributed by atoms with van der Waals surface area (Å²) in [6.07, 6.45) is 0. The Morgan fingerprint density at radius 1 is 1.03 bits per heavy atom. The van der Waals surface area contributed by atoms with Crippen molar-refractivity contribution in [2.24, 2.45) is 0 Å². The summed E-state index contributed by atoms with van der Waals surface area (Å²) in [5, 5.41) is 6.73. The van der Waals surface area contributed by atoms with E-state index in [4.69, 9.17) is 0 Å². The van der Waals surface area contributed by atoms with Gasteiger partial charge < -0.3 is 15.4 Å². The summed E-state index contributed by atoms with van der Waals surface area (Å²) in [6, 6.07) is 4.41. The molecule has 1 aromatic carbocycles. The molecular weight excluding hydrogens is 428 g/mol. The van der Waals surface area contributed by atoms with E-state index >= 15 is 0 Å². The highest BCUT2D eigenvalue weighted by Gasteiger charge is 2.21. The van der Waals surface area contributed by atoms with E-state index in [2.05, 4.69) is 15.4 Å². The summed E-state index contributed by atoms with van der Waals surface area (Å²) in [5.74, 6) is -2.32. The van der Waals surface area contributed by atoms with E-state index in [1.54, 1.807) is 27.7 Å². The first-order valence-corrected chi connectivity index (χ1v) is 11.1. The van der Waals surface area contributed by atoms with Crippen molar-refractivity contribution in [3.05, 3.63) is 29.8 Å². The SMILES string of the molecule is CCN(CC)S(=O)(=O)c1ccc(C(=O)NCC(=O)OCC(=O)NC(=O)NC(C)C)cc1. The van der Waals surface area contributed by atoms with Gasteiger partial charge in [-0.1, -0.05) is 13.8 Å². The van der Waals surface area contributed by atoms with Gasteiger partial charge in [-0.2, -0.15) is 4.31 Å². The van der Waals surface area contributed by atoms with Crippen LogP contribution in [0.25, 0.3) is 0 Å². The van der Waals surface area contributed by atoms with Crippen molar-refractivity contribution in [1.82, 2.24) is 20.3 Å². The Bertz CT molecular complexity index is 894. The Kier molecular flexibility index (Phi) is 10.1. The maximum Gasteiger partial charge on any atom is 0.325 e. The monoisotopic (exact) mass is 456 g/mol. The molecule has 172 valence electrons. The van der Waals surface area contributed by atoms with Crippen molar-refractivity contribution < 1.29 is 32.3 Å². The minimum Gasteiger partial charge on any atom is -0.454 e. The Labute approximate surface area is 181 Å². The van der Waals surface area contributed by atoms with Crippen LogP contribution in [-0.2, 0) is 24.3 Å². The van der Waals surface area contributed by atoms with Crippen molar-refractivity contribution >= 4 is 33.8 Å². The van der Waals surface area contributed by atoms with Crippen LogP contribution in [0.3, 0.4) is 0 Å². The molecule has 3 N–H and O–H groups in total. The van der Waals surface area contributed by atoms with E-state index in [9.17, 15) is 27.6 Å². The fraction of sp³-hybridized carbons (Fsp3) is 0.474. The zero-order chi connectivity index (χ0) is 23.6. The molecule has 0 unspecified atom stereocenters. The van der Waals surface area contributed by atoms with Crippen LogP contribution in [-0.4, -0.2) is 68.8 Å². The topological polar surface area (TPSA) is 151 Å². The lowest BCUT2D eigenvalue weighted by molar-refractivity contribution is -0.147. The van der Waals surface area contributed by atoms with E-state index in [1.165, 1.54) is 28.6 Å². The third kappa shape index (κ3) is 8.34. The molecule has 0 aliphatic rings. The van der Waals surface area contributed by atoms with Gasteiger partial charge in [0.05, 0.1) is 4.90 Å². The summed E-state index contributed by atoms with van der Waals surface area (Å²) >= 11 is 0. The Morgan fingerprint density at radius 2 is 1.61 bits per heavy atom. The van der Waals surface area contributed by atoms with Gasteiger partial charge in [0, 0.05) is 24.7 Å². The van der Waals surface area contributed by atoms with Crippen molar-refractivity contribution in [2.45, 2.75) is 38.6 Å². The van der Waals surface area contributed by atoms with Crippen molar-refractivity contribution in [1.29, 1.82) is 0 Å². The van der Waals surface area contributed by atoms with E-state index in [-0.39, 0.29) is 16.5 Å². The number of urea groups is 1. The minimum atomic E-state index is -3.64. The number of carbonyl (C=O) groups is 4. The highest BCUT2D eigenvalue weighted by Crippen LogP contribution is 2.16. The second-order valence-electron chi connectivity index (χ2n) is 6.63. The van der Waals surface area contributed by atoms with Crippen molar-refractivity contribution in [3.8, 4) is 0 Å². The predicted molar refractivity (Wildman–Crippen MR) is 112 cm³/mol. The molecule has 0 heterocycles. The molecule has 0 fully saturated rings. The number of imide groups is 1. The smallest absolute Gasteiger partial charge is 0.325 e. The van der Waals surface area contributed by atoms with Crippen LogP contribution >= 0.6 is 0 Å². The van der Waals surface area contributed by atoms with Gasteiger partial charge in [0.15, 0.2) is 6.61 Å². The lowest BCUT2D eigenvalue weighted by Crippen LogP contribution is -2.44. The molecule has 11 nitrogen and oxygen atoms in total. The average molecular weight is 457 g/mol. The molecule has 0 spiro atoms. The molecule has 0 aromatic heterocycles. The first-order chi connectivity index (χ1) is 14.5. The van der Waals surface area contributed by atoms with Crippen LogP contribution in [0.4, 0.5) is 4.79 Å². The van der Waals surface area contributed by atoms with E-state index < -0.39 is 47.0 Å². The molecule has 1 aromatic rings. The molecule has 0 aliphatic carbocycles. The molecule has 31 heavy (non-hydrogen) atoms. The van der Waals surface area contributed by atoms with Gasteiger partial charge in [-0.25, -0.2) is 13.2 Å². The van der Waals surface area contributed by atoms with Crippen LogP contribution < -0.4 is 16.0 Å². The summed E-state index contributed by atoms with van der Waals surface area (Å²) in [6.45, 7) is 6.34. The fourth-order valence-corrected chi connectivity index (χ4v) is 3.86. The first-order valence-electron chi connectivity index (χ1n) is 9.65. The maximum atomic E-state index is 12.4. The first kappa shape index (κ1) is 26.0. The van der Waals surface area contributed by atoms with Crippen LogP contribution in [0.15, 0.2) is 29.2 Å². The zero-order valence-corrected chi connectivity index (χ0v) is 18.7. The highest BCUT2D eigenvalue weighted by atomic mass is 32.2. The number of hydrogen-bond donors (Lipinski definition) is 3. The van der Waals surface area contributed by atoms with Crippen LogP contribution in [0.1, 0.15) is 38.1 Å². The van der Waals surface area contributed by atoms with E-state index in [1.807, 2.05) is 5.32 Å². The highest BCUT2D eigenvalue weighted by molar-refractivity contribution is 7.89. The molecule has 4 amide bonds. The number of sulfonamides is 1. The molecule has 12 heteroatoms. The molecule has 0 saturated carbocycles. The predicted octanol–water partition coefficient (Wildman–Crippen LogP) is 0.224. The zero-order valence-electron chi connectivity index (χ0n) is 17.9. The number of hydrogen-bond acceptors (Lipinski definition) is 7. The summed E-state index contributed by atoms with van der Waals surface area (Å²) in [5.41, 5.74) is 0.148. The molecule has 0 bridgehead atoms. The molecule has 0 saturated heterocycles. The molecular formula is C19H28N4O7S. The summed E-state index contributed by atoms with van der Waals surface area (Å²) < 4.78 is 30.9. The number of benzene rings is 1. The van der Waals surface area contributed by atoms with Gasteiger partial charge in [-0.05, 0) is 38.1 Å². The van der Waals surface area contributed by atoms with Crippen LogP contribution in [0.5, 0.6) is 0 Å². The number of carbonyl (C=O) groups excluding carboxylic acids is 4. The Balaban J connectivity index is 2.53. The van der Waals surface area contributed by atoms with Gasteiger partial charge in [-0.15, -0.1) is 0 Å². The summed E-state index contributed by atoms with van der Waals surface area (Å²) in [4.78, 5) is 46.7. The second-order valence-corrected chi connectivity index (χ2v) is 8.57. The molecule has 0 radical (unpaired) electrons. The van der Waals surface area contributed by atoms with E-state index in [0.717, 1.165) is 0 Å².